The van der Waals surface area contributed by atoms with Crippen LogP contribution in [0, 0.1) is 10.5 Å². The van der Waals surface area contributed by atoms with Crippen molar-refractivity contribution in [3.8, 4) is 5.75 Å². The molecule has 0 bridgehead atoms. The van der Waals surface area contributed by atoms with Gasteiger partial charge in [0.2, 0.25) is 5.91 Å². The fourth-order valence-electron chi connectivity index (χ4n) is 2.52. The van der Waals surface area contributed by atoms with Gasteiger partial charge < -0.3 is 15.4 Å². The molecule has 0 fully saturated rings. The number of thiophene rings is 1. The topological polar surface area (TPSA) is 67.4 Å². The Balaban J connectivity index is 1.52. The van der Waals surface area contributed by atoms with Crippen molar-refractivity contribution in [3.05, 3.63) is 74.0 Å². The molecule has 0 saturated heterocycles. The molecule has 5 nitrogen and oxygen atoms in total. The van der Waals surface area contributed by atoms with E-state index in [1.807, 2.05) is 54.8 Å². The Morgan fingerprint density at radius 1 is 1.04 bits per heavy atom. The first-order chi connectivity index (χ1) is 13.5. The van der Waals surface area contributed by atoms with Gasteiger partial charge in [-0.15, -0.1) is 11.3 Å². The van der Waals surface area contributed by atoms with Gasteiger partial charge in [0.15, 0.2) is 6.61 Å². The lowest BCUT2D eigenvalue weighted by Crippen LogP contribution is -2.20. The number of benzene rings is 2. The first-order valence-electron chi connectivity index (χ1n) is 8.61. The third-order valence-corrected chi connectivity index (χ3v) is 5.48. The lowest BCUT2D eigenvalue weighted by Gasteiger charge is -2.11. The minimum Gasteiger partial charge on any atom is -0.484 e. The molecule has 2 aromatic carbocycles. The van der Waals surface area contributed by atoms with Crippen LogP contribution in [-0.4, -0.2) is 18.4 Å². The molecule has 0 atom stereocenters. The summed E-state index contributed by atoms with van der Waals surface area (Å²) in [6.07, 6.45) is 0.353. The summed E-state index contributed by atoms with van der Waals surface area (Å²) in [6.45, 7) is 1.82. The van der Waals surface area contributed by atoms with Crippen LogP contribution in [-0.2, 0) is 16.0 Å². The van der Waals surface area contributed by atoms with E-state index < -0.39 is 0 Å². The van der Waals surface area contributed by atoms with Crippen LogP contribution in [0.4, 0.5) is 11.4 Å². The van der Waals surface area contributed by atoms with E-state index in [4.69, 9.17) is 4.74 Å². The second-order valence-electron chi connectivity index (χ2n) is 6.12. The van der Waals surface area contributed by atoms with E-state index >= 15 is 0 Å². The molecule has 0 aliphatic carbocycles. The minimum atomic E-state index is -0.243. The molecule has 0 saturated carbocycles. The predicted molar refractivity (Wildman–Crippen MR) is 121 cm³/mol. The second-order valence-corrected chi connectivity index (χ2v) is 8.40. The zero-order chi connectivity index (χ0) is 19.9. The van der Waals surface area contributed by atoms with Gasteiger partial charge in [-0.25, -0.2) is 0 Å². The summed E-state index contributed by atoms with van der Waals surface area (Å²) in [5, 5.41) is 7.67. The zero-order valence-electron chi connectivity index (χ0n) is 15.2. The van der Waals surface area contributed by atoms with E-state index in [0.717, 1.165) is 19.7 Å². The maximum absolute atomic E-state index is 12.1. The highest BCUT2D eigenvalue weighted by molar-refractivity contribution is 14.1. The average molecular weight is 506 g/mol. The Kier molecular flexibility index (Phi) is 7.05. The van der Waals surface area contributed by atoms with Crippen LogP contribution in [0.5, 0.6) is 5.75 Å². The SMILES string of the molecule is Cc1cc(NC(=O)COc2ccc(I)cc2)ccc1NC(=O)Cc1cccs1. The molecule has 3 aromatic rings. The fourth-order valence-corrected chi connectivity index (χ4v) is 3.59. The van der Waals surface area contributed by atoms with Gasteiger partial charge in [-0.1, -0.05) is 6.07 Å². The average Bonchev–Trinajstić information content (AvgIpc) is 3.16. The molecule has 0 spiro atoms. The van der Waals surface area contributed by atoms with Crippen LogP contribution in [0.1, 0.15) is 10.4 Å². The first-order valence-corrected chi connectivity index (χ1v) is 10.6. The highest BCUT2D eigenvalue weighted by Crippen LogP contribution is 2.21. The maximum Gasteiger partial charge on any atom is 0.262 e. The number of carbonyl (C=O) groups excluding carboxylic acids is 2. The number of rotatable bonds is 7. The third kappa shape index (κ3) is 6.07. The summed E-state index contributed by atoms with van der Waals surface area (Å²) in [6, 6.07) is 16.7. The molecule has 1 aromatic heterocycles. The Hall–Kier alpha value is -2.39. The normalized spacial score (nSPS) is 10.4. The largest absolute Gasteiger partial charge is 0.484 e. The summed E-state index contributed by atoms with van der Waals surface area (Å²) in [5.74, 6) is 0.344. The number of anilines is 2. The monoisotopic (exact) mass is 506 g/mol. The van der Waals surface area contributed by atoms with Crippen molar-refractivity contribution in [2.45, 2.75) is 13.3 Å². The Labute approximate surface area is 181 Å². The Morgan fingerprint density at radius 3 is 2.50 bits per heavy atom. The van der Waals surface area contributed by atoms with Crippen molar-refractivity contribution in [3.63, 3.8) is 0 Å². The fraction of sp³-hybridized carbons (Fsp3) is 0.143. The number of carbonyl (C=O) groups is 2. The van der Waals surface area contributed by atoms with Crippen molar-refractivity contribution in [1.82, 2.24) is 0 Å². The predicted octanol–water partition coefficient (Wildman–Crippen LogP) is 4.86. The van der Waals surface area contributed by atoms with Gasteiger partial charge in [-0.3, -0.25) is 9.59 Å². The third-order valence-electron chi connectivity index (χ3n) is 3.88. The zero-order valence-corrected chi connectivity index (χ0v) is 18.2. The number of hydrogen-bond donors (Lipinski definition) is 2. The number of amides is 2. The Morgan fingerprint density at radius 2 is 1.82 bits per heavy atom. The molecule has 2 N–H and O–H groups in total. The van der Waals surface area contributed by atoms with Crippen LogP contribution >= 0.6 is 33.9 Å². The molecule has 0 aliphatic heterocycles. The van der Waals surface area contributed by atoms with Gasteiger partial charge in [0, 0.05) is 19.8 Å². The number of hydrogen-bond acceptors (Lipinski definition) is 4. The molecule has 0 unspecified atom stereocenters. The van der Waals surface area contributed by atoms with Crippen LogP contribution < -0.4 is 15.4 Å². The lowest BCUT2D eigenvalue weighted by atomic mass is 10.1. The maximum atomic E-state index is 12.1. The highest BCUT2D eigenvalue weighted by Gasteiger charge is 2.09. The standard InChI is InChI=1S/C21H19IN2O3S/c1-14-11-16(23-21(26)13-27-17-7-4-15(22)5-8-17)6-9-19(14)24-20(25)12-18-3-2-10-28-18/h2-11H,12-13H2,1H3,(H,23,26)(H,24,25). The summed E-state index contributed by atoms with van der Waals surface area (Å²) in [4.78, 5) is 25.3. The lowest BCUT2D eigenvalue weighted by molar-refractivity contribution is -0.118. The molecule has 144 valence electrons. The van der Waals surface area contributed by atoms with Gasteiger partial charge in [-0.2, -0.15) is 0 Å². The van der Waals surface area contributed by atoms with E-state index in [9.17, 15) is 9.59 Å². The number of ether oxygens (including phenoxy) is 1. The van der Waals surface area contributed by atoms with E-state index in [1.165, 1.54) is 0 Å². The molecule has 3 rings (SSSR count). The van der Waals surface area contributed by atoms with Crippen molar-refractivity contribution in [2.24, 2.45) is 0 Å². The van der Waals surface area contributed by atoms with Gasteiger partial charge in [-0.05, 0) is 89.0 Å². The van der Waals surface area contributed by atoms with Crippen molar-refractivity contribution < 1.29 is 14.3 Å². The van der Waals surface area contributed by atoms with Gasteiger partial charge in [0.25, 0.3) is 5.91 Å². The van der Waals surface area contributed by atoms with Gasteiger partial charge in [0.05, 0.1) is 6.42 Å². The summed E-state index contributed by atoms with van der Waals surface area (Å²) in [7, 11) is 0. The van der Waals surface area contributed by atoms with E-state index in [1.54, 1.807) is 23.5 Å². The van der Waals surface area contributed by atoms with E-state index in [0.29, 0.717) is 17.9 Å². The molecular weight excluding hydrogens is 487 g/mol. The van der Waals surface area contributed by atoms with Crippen LogP contribution in [0.25, 0.3) is 0 Å². The summed E-state index contributed by atoms with van der Waals surface area (Å²) in [5.41, 5.74) is 2.26. The highest BCUT2D eigenvalue weighted by atomic mass is 127. The van der Waals surface area contributed by atoms with E-state index in [2.05, 4.69) is 33.2 Å². The van der Waals surface area contributed by atoms with Crippen LogP contribution in [0.3, 0.4) is 0 Å². The van der Waals surface area contributed by atoms with Gasteiger partial charge >= 0.3 is 0 Å². The van der Waals surface area contributed by atoms with Gasteiger partial charge in [0.1, 0.15) is 5.75 Å². The molecule has 1 heterocycles. The first kappa shape index (κ1) is 20.3. The summed E-state index contributed by atoms with van der Waals surface area (Å²) >= 11 is 3.77. The number of nitrogens with one attached hydrogen (secondary N) is 2. The molecule has 0 radical (unpaired) electrons. The number of aryl methyl sites for hydroxylation is 1. The summed E-state index contributed by atoms with van der Waals surface area (Å²) < 4.78 is 6.58. The second kappa shape index (κ2) is 9.70. The van der Waals surface area contributed by atoms with Crippen LogP contribution in [0.15, 0.2) is 60.0 Å². The smallest absolute Gasteiger partial charge is 0.262 e. The molecular formula is C21H19IN2O3S. The Bertz CT molecular complexity index is 956. The van der Waals surface area contributed by atoms with Crippen molar-refractivity contribution >= 4 is 57.1 Å². The molecule has 28 heavy (non-hydrogen) atoms. The number of halogens is 1. The van der Waals surface area contributed by atoms with Crippen molar-refractivity contribution in [1.29, 1.82) is 0 Å². The van der Waals surface area contributed by atoms with Crippen molar-refractivity contribution in [2.75, 3.05) is 17.2 Å². The molecule has 0 aliphatic rings. The molecule has 2 amide bonds. The quantitative estimate of drug-likeness (QED) is 0.450. The minimum absolute atomic E-state index is 0.0618. The van der Waals surface area contributed by atoms with E-state index in [-0.39, 0.29) is 18.4 Å². The molecule has 7 heteroatoms. The van der Waals surface area contributed by atoms with Crippen LogP contribution in [0.2, 0.25) is 0 Å².